The van der Waals surface area contributed by atoms with Gasteiger partial charge >= 0.3 is 21.1 Å². The molecule has 0 spiro atoms. The Morgan fingerprint density at radius 2 is 1.31 bits per heavy atom. The summed E-state index contributed by atoms with van der Waals surface area (Å²) in [6.45, 7) is 24.3. The molecular weight excluding hydrogens is 820 g/mol. The molecule has 52 heavy (non-hydrogen) atoms. The Labute approximate surface area is 323 Å². The van der Waals surface area contributed by atoms with Crippen LogP contribution in [-0.2, 0) is 37.3 Å². The van der Waals surface area contributed by atoms with Crippen LogP contribution in [0.3, 0.4) is 0 Å². The summed E-state index contributed by atoms with van der Waals surface area (Å²) in [5.74, 6) is 2.09. The zero-order valence-corrected chi connectivity index (χ0v) is 34.4. The second-order valence-corrected chi connectivity index (χ2v) is 16.8. The first-order chi connectivity index (χ1) is 24.0. The fraction of sp³-hybridized carbons (Fsp3) is 0.304. The largest absolute Gasteiger partial charge is 2.00 e. The van der Waals surface area contributed by atoms with E-state index in [9.17, 15) is 0 Å². The molecule has 7 rings (SSSR count). The number of nitrogens with zero attached hydrogens (tertiary/aromatic N) is 4. The standard InChI is InChI=1S/C46H48N4O.Pt/c1-29-43(31-15-13-12-14-16-31)30(2)50(48-29)35-23-34(46(9,10)11)24-37(27-35)51-36-18-19-38-39-25-32(44(3,4)5)17-20-40(39)49(41(38)28-36)42-26-33(21-22-47-42)45(6,7)8;/h12-26H,1-11H3;/q-2;+2. The molecule has 0 unspecified atom stereocenters. The minimum atomic E-state index is -0.130. The van der Waals surface area contributed by atoms with E-state index in [1.54, 1.807) is 0 Å². The van der Waals surface area contributed by atoms with E-state index in [0.717, 1.165) is 56.0 Å². The third-order valence-corrected chi connectivity index (χ3v) is 9.85. The average Bonchev–Trinajstić information content (AvgIpc) is 3.56. The van der Waals surface area contributed by atoms with Crippen LogP contribution in [0.25, 0.3) is 44.4 Å². The number of benzene rings is 4. The molecule has 0 atom stereocenters. The molecule has 0 aliphatic rings. The Balaban J connectivity index is 0.00000464. The SMILES string of the molecule is Cc1nn(-c2[c-]c(Oc3[c-]c4c(cc3)c3cc(C(C)(C)C)ccc3n4-c3cc(C(C)(C)C)ccn3)cc(C(C)(C)C)c2)c(C)c1-c1ccccc1.[Pt+2]. The second kappa shape index (κ2) is 13.5. The Hall–Kier alpha value is -4.47. The molecule has 268 valence electrons. The van der Waals surface area contributed by atoms with E-state index in [0.29, 0.717) is 11.5 Å². The van der Waals surface area contributed by atoms with Crippen molar-refractivity contribution in [3.63, 3.8) is 0 Å². The van der Waals surface area contributed by atoms with Gasteiger partial charge in [-0.3, -0.25) is 4.68 Å². The van der Waals surface area contributed by atoms with Crippen molar-refractivity contribution in [2.24, 2.45) is 0 Å². The summed E-state index contributed by atoms with van der Waals surface area (Å²) in [5.41, 5.74) is 10.7. The van der Waals surface area contributed by atoms with Gasteiger partial charge in [0.15, 0.2) is 0 Å². The minimum absolute atomic E-state index is 0. The number of ether oxygens (including phenoxy) is 1. The summed E-state index contributed by atoms with van der Waals surface area (Å²) in [6, 6.07) is 37.2. The van der Waals surface area contributed by atoms with Gasteiger partial charge in [0.25, 0.3) is 0 Å². The van der Waals surface area contributed by atoms with Crippen LogP contribution in [-0.4, -0.2) is 19.3 Å². The summed E-state index contributed by atoms with van der Waals surface area (Å²) in [7, 11) is 0. The number of rotatable bonds is 5. The van der Waals surface area contributed by atoms with Crippen molar-refractivity contribution in [1.29, 1.82) is 0 Å². The molecule has 7 aromatic rings. The van der Waals surface area contributed by atoms with Crippen molar-refractivity contribution >= 4 is 21.8 Å². The minimum Gasteiger partial charge on any atom is -0.509 e. The predicted octanol–water partition coefficient (Wildman–Crippen LogP) is 11.9. The van der Waals surface area contributed by atoms with Crippen molar-refractivity contribution < 1.29 is 25.8 Å². The fourth-order valence-electron chi connectivity index (χ4n) is 6.84. The van der Waals surface area contributed by atoms with E-state index in [1.165, 1.54) is 16.5 Å². The van der Waals surface area contributed by atoms with Gasteiger partial charge in [-0.05, 0) is 76.1 Å². The monoisotopic (exact) mass is 867 g/mol. The van der Waals surface area contributed by atoms with E-state index in [-0.39, 0.29) is 37.3 Å². The summed E-state index contributed by atoms with van der Waals surface area (Å²) in [4.78, 5) is 4.89. The smallest absolute Gasteiger partial charge is 0.509 e. The summed E-state index contributed by atoms with van der Waals surface area (Å²) in [6.07, 6.45) is 1.91. The molecule has 0 amide bonds. The average molecular weight is 868 g/mol. The topological polar surface area (TPSA) is 44.9 Å². The van der Waals surface area contributed by atoms with Crippen molar-refractivity contribution in [2.45, 2.75) is 92.4 Å². The van der Waals surface area contributed by atoms with E-state index in [1.807, 2.05) is 23.0 Å². The Bertz CT molecular complexity index is 2410. The van der Waals surface area contributed by atoms with E-state index < -0.39 is 0 Å². The Morgan fingerprint density at radius 3 is 1.98 bits per heavy atom. The number of aryl methyl sites for hydroxylation is 1. The van der Waals surface area contributed by atoms with Crippen LogP contribution in [0.15, 0.2) is 91.1 Å². The first-order valence-corrected chi connectivity index (χ1v) is 17.8. The van der Waals surface area contributed by atoms with Crippen LogP contribution < -0.4 is 4.74 Å². The molecule has 4 aromatic carbocycles. The predicted molar refractivity (Wildman–Crippen MR) is 211 cm³/mol. The zero-order valence-electron chi connectivity index (χ0n) is 32.2. The molecule has 0 bridgehead atoms. The number of pyridine rings is 1. The summed E-state index contributed by atoms with van der Waals surface area (Å²) < 4.78 is 10.9. The molecule has 3 heterocycles. The third kappa shape index (κ3) is 7.00. The Kier molecular flexibility index (Phi) is 9.68. The second-order valence-electron chi connectivity index (χ2n) is 16.8. The first kappa shape index (κ1) is 37.3. The normalized spacial score (nSPS) is 12.4. The van der Waals surface area contributed by atoms with Gasteiger partial charge in [0.1, 0.15) is 5.82 Å². The van der Waals surface area contributed by atoms with Gasteiger partial charge in [0.05, 0.1) is 5.69 Å². The molecule has 0 aliphatic carbocycles. The first-order valence-electron chi connectivity index (χ1n) is 17.8. The maximum Gasteiger partial charge on any atom is 2.00 e. The molecule has 3 aromatic heterocycles. The molecule has 6 heteroatoms. The van der Waals surface area contributed by atoms with Crippen molar-refractivity contribution in [3.8, 4) is 34.1 Å². The van der Waals surface area contributed by atoms with Gasteiger partial charge in [-0.2, -0.15) is 11.2 Å². The van der Waals surface area contributed by atoms with Gasteiger partial charge in [-0.15, -0.1) is 41.3 Å². The number of hydrogen-bond acceptors (Lipinski definition) is 3. The number of fused-ring (bicyclic) bond motifs is 3. The fourth-order valence-corrected chi connectivity index (χ4v) is 6.84. The van der Waals surface area contributed by atoms with E-state index in [4.69, 9.17) is 14.8 Å². The zero-order chi connectivity index (χ0) is 36.5. The van der Waals surface area contributed by atoms with Gasteiger partial charge in [-0.1, -0.05) is 110 Å². The molecule has 0 saturated heterocycles. The molecule has 0 N–H and O–H groups in total. The van der Waals surface area contributed by atoms with Crippen LogP contribution in [0, 0.1) is 26.0 Å². The van der Waals surface area contributed by atoms with Crippen LogP contribution in [0.2, 0.25) is 0 Å². The molecular formula is C46H48N4OPt. The van der Waals surface area contributed by atoms with E-state index >= 15 is 0 Å². The maximum atomic E-state index is 6.70. The van der Waals surface area contributed by atoms with Gasteiger partial charge in [0, 0.05) is 34.5 Å². The summed E-state index contributed by atoms with van der Waals surface area (Å²) in [5, 5.41) is 7.28. The molecule has 0 radical (unpaired) electrons. The van der Waals surface area contributed by atoms with Crippen LogP contribution in [0.4, 0.5) is 0 Å². The third-order valence-electron chi connectivity index (χ3n) is 9.85. The maximum absolute atomic E-state index is 6.70. The van der Waals surface area contributed by atoms with Crippen LogP contribution >= 0.6 is 0 Å². The van der Waals surface area contributed by atoms with Gasteiger partial charge < -0.3 is 9.30 Å². The molecule has 5 nitrogen and oxygen atoms in total. The summed E-state index contributed by atoms with van der Waals surface area (Å²) >= 11 is 0. The van der Waals surface area contributed by atoms with E-state index in [2.05, 4.69) is 166 Å². The number of hydrogen-bond donors (Lipinski definition) is 0. The van der Waals surface area contributed by atoms with Crippen molar-refractivity contribution in [3.05, 3.63) is 131 Å². The van der Waals surface area contributed by atoms with Gasteiger partial charge in [0.2, 0.25) is 0 Å². The van der Waals surface area contributed by atoms with Crippen molar-refractivity contribution in [2.75, 3.05) is 0 Å². The number of aromatic nitrogens is 4. The molecule has 0 saturated carbocycles. The molecule has 0 aliphatic heterocycles. The molecule has 0 fully saturated rings. The quantitative estimate of drug-likeness (QED) is 0.162. The van der Waals surface area contributed by atoms with Crippen molar-refractivity contribution in [1.82, 2.24) is 19.3 Å². The van der Waals surface area contributed by atoms with Crippen LogP contribution in [0.1, 0.15) is 90.4 Å². The van der Waals surface area contributed by atoms with Crippen LogP contribution in [0.5, 0.6) is 11.5 Å². The Morgan fingerprint density at radius 1 is 0.635 bits per heavy atom. The van der Waals surface area contributed by atoms with Gasteiger partial charge in [-0.25, -0.2) is 4.98 Å².